The predicted molar refractivity (Wildman–Crippen MR) is 39.6 cm³/mol. The van der Waals surface area contributed by atoms with E-state index in [0.717, 1.165) is 19.4 Å². The molecule has 9 heavy (non-hydrogen) atoms. The van der Waals surface area contributed by atoms with Gasteiger partial charge in [0.15, 0.2) is 0 Å². The highest BCUT2D eigenvalue weighted by molar-refractivity contribution is 7.81. The van der Waals surface area contributed by atoms with E-state index in [4.69, 9.17) is 0 Å². The highest BCUT2D eigenvalue weighted by Crippen LogP contribution is 2.11. The highest BCUT2D eigenvalue weighted by atomic mass is 32.1. The van der Waals surface area contributed by atoms with Crippen molar-refractivity contribution >= 4 is 18.5 Å². The van der Waals surface area contributed by atoms with Crippen molar-refractivity contribution in [1.82, 2.24) is 5.32 Å². The Labute approximate surface area is 60.4 Å². The number of nitrogens with one attached hydrogen (secondary N) is 1. The average molecular weight is 145 g/mol. The maximum atomic E-state index is 10.7. The van der Waals surface area contributed by atoms with Crippen molar-refractivity contribution in [3.63, 3.8) is 0 Å². The van der Waals surface area contributed by atoms with E-state index < -0.39 is 0 Å². The zero-order valence-electron chi connectivity index (χ0n) is 5.26. The molecular weight excluding hydrogens is 134 g/mol. The summed E-state index contributed by atoms with van der Waals surface area (Å²) in [4.78, 5) is 10.7. The Balaban J connectivity index is 2.37. The molecule has 52 valence electrons. The fraction of sp³-hybridized carbons (Fsp3) is 0.833. The zero-order chi connectivity index (χ0) is 6.69. The van der Waals surface area contributed by atoms with Gasteiger partial charge in [-0.05, 0) is 12.8 Å². The minimum absolute atomic E-state index is 0.146. The lowest BCUT2D eigenvalue weighted by Gasteiger charge is -2.00. The first-order valence-electron chi connectivity index (χ1n) is 3.24. The lowest BCUT2D eigenvalue weighted by Crippen LogP contribution is -2.22. The van der Waals surface area contributed by atoms with Crippen LogP contribution in [0.4, 0.5) is 0 Å². The molecule has 1 heterocycles. The summed E-state index contributed by atoms with van der Waals surface area (Å²) >= 11 is 4.23. The molecule has 1 aliphatic rings. The van der Waals surface area contributed by atoms with Crippen LogP contribution in [0.2, 0.25) is 0 Å². The van der Waals surface area contributed by atoms with Crippen LogP contribution in [0.3, 0.4) is 0 Å². The van der Waals surface area contributed by atoms with Crippen molar-refractivity contribution in [3.05, 3.63) is 0 Å². The first-order chi connectivity index (χ1) is 4.29. The van der Waals surface area contributed by atoms with Crippen molar-refractivity contribution < 1.29 is 4.79 Å². The predicted octanol–water partition coefficient (Wildman–Crippen LogP) is 0.585. The molecule has 0 aromatic carbocycles. The molecule has 3 heteroatoms. The van der Waals surface area contributed by atoms with E-state index in [-0.39, 0.29) is 11.2 Å². The van der Waals surface area contributed by atoms with E-state index in [1.165, 1.54) is 0 Å². The Bertz CT molecular complexity index is 116. The van der Waals surface area contributed by atoms with Gasteiger partial charge in [-0.1, -0.05) is 0 Å². The first kappa shape index (κ1) is 6.93. The molecule has 1 rings (SSSR count). The SMILES string of the molecule is O=C1C[C@H](S)CCCN1. The van der Waals surface area contributed by atoms with Gasteiger partial charge in [0.1, 0.15) is 0 Å². The van der Waals surface area contributed by atoms with Gasteiger partial charge in [0.25, 0.3) is 0 Å². The highest BCUT2D eigenvalue weighted by Gasteiger charge is 2.12. The van der Waals surface area contributed by atoms with Gasteiger partial charge < -0.3 is 5.32 Å². The zero-order valence-corrected chi connectivity index (χ0v) is 6.16. The number of hydrogen-bond acceptors (Lipinski definition) is 2. The minimum atomic E-state index is 0.146. The Morgan fingerprint density at radius 1 is 1.67 bits per heavy atom. The Morgan fingerprint density at radius 2 is 2.44 bits per heavy atom. The van der Waals surface area contributed by atoms with Crippen LogP contribution in [-0.4, -0.2) is 17.7 Å². The molecule has 1 fully saturated rings. The Morgan fingerprint density at radius 3 is 3.22 bits per heavy atom. The summed E-state index contributed by atoms with van der Waals surface area (Å²) in [7, 11) is 0. The van der Waals surface area contributed by atoms with Crippen molar-refractivity contribution in [2.45, 2.75) is 24.5 Å². The van der Waals surface area contributed by atoms with Gasteiger partial charge in [-0.2, -0.15) is 12.6 Å². The fourth-order valence-electron chi connectivity index (χ4n) is 0.954. The normalized spacial score (nSPS) is 29.0. The van der Waals surface area contributed by atoms with Gasteiger partial charge in [0.2, 0.25) is 5.91 Å². The van der Waals surface area contributed by atoms with E-state index in [0.29, 0.717) is 6.42 Å². The second kappa shape index (κ2) is 3.11. The minimum Gasteiger partial charge on any atom is -0.356 e. The molecule has 0 bridgehead atoms. The van der Waals surface area contributed by atoms with E-state index in [1.807, 2.05) is 0 Å². The number of carbonyl (C=O) groups is 1. The maximum absolute atomic E-state index is 10.7. The molecule has 0 aromatic rings. The van der Waals surface area contributed by atoms with E-state index in [1.54, 1.807) is 0 Å². The van der Waals surface area contributed by atoms with E-state index in [9.17, 15) is 4.79 Å². The summed E-state index contributed by atoms with van der Waals surface area (Å²) in [5, 5.41) is 3.07. The van der Waals surface area contributed by atoms with Crippen LogP contribution >= 0.6 is 12.6 Å². The second-order valence-corrected chi connectivity index (χ2v) is 3.08. The molecule has 0 aromatic heterocycles. The summed E-state index contributed by atoms with van der Waals surface area (Å²) in [6.07, 6.45) is 2.71. The van der Waals surface area contributed by atoms with Gasteiger partial charge in [0, 0.05) is 18.2 Å². The Hall–Kier alpha value is -0.180. The molecule has 1 atom stereocenters. The molecule has 1 amide bonds. The average Bonchev–Trinajstić information content (AvgIpc) is 1.93. The number of amides is 1. The molecule has 0 unspecified atom stereocenters. The second-order valence-electron chi connectivity index (χ2n) is 2.35. The van der Waals surface area contributed by atoms with Crippen LogP contribution in [0.5, 0.6) is 0 Å². The quantitative estimate of drug-likeness (QED) is 0.480. The van der Waals surface area contributed by atoms with Crippen molar-refractivity contribution in [2.75, 3.05) is 6.54 Å². The summed E-state index contributed by atoms with van der Waals surface area (Å²) in [5.41, 5.74) is 0. The number of carbonyl (C=O) groups excluding carboxylic acids is 1. The van der Waals surface area contributed by atoms with Crippen LogP contribution in [0, 0.1) is 0 Å². The van der Waals surface area contributed by atoms with Gasteiger partial charge in [0.05, 0.1) is 0 Å². The maximum Gasteiger partial charge on any atom is 0.221 e. The Kier molecular flexibility index (Phi) is 2.39. The third-order valence-electron chi connectivity index (χ3n) is 1.46. The third kappa shape index (κ3) is 2.26. The smallest absolute Gasteiger partial charge is 0.221 e. The van der Waals surface area contributed by atoms with E-state index in [2.05, 4.69) is 17.9 Å². The lowest BCUT2D eigenvalue weighted by atomic mass is 10.2. The van der Waals surface area contributed by atoms with Gasteiger partial charge in [-0.3, -0.25) is 4.79 Å². The number of hydrogen-bond donors (Lipinski definition) is 2. The molecule has 1 aliphatic heterocycles. The largest absolute Gasteiger partial charge is 0.356 e. The van der Waals surface area contributed by atoms with Crippen LogP contribution in [0.15, 0.2) is 0 Å². The fourth-order valence-corrected chi connectivity index (χ4v) is 1.30. The van der Waals surface area contributed by atoms with Crippen LogP contribution in [-0.2, 0) is 4.79 Å². The number of rotatable bonds is 0. The van der Waals surface area contributed by atoms with Gasteiger partial charge in [-0.15, -0.1) is 0 Å². The summed E-state index contributed by atoms with van der Waals surface area (Å²) in [5.74, 6) is 0.146. The first-order valence-corrected chi connectivity index (χ1v) is 3.75. The molecule has 0 radical (unpaired) electrons. The van der Waals surface area contributed by atoms with Gasteiger partial charge in [-0.25, -0.2) is 0 Å². The molecule has 1 N–H and O–H groups in total. The lowest BCUT2D eigenvalue weighted by molar-refractivity contribution is -0.120. The molecule has 0 saturated carbocycles. The summed E-state index contributed by atoms with van der Waals surface area (Å²) in [6, 6.07) is 0. The number of thiol groups is 1. The topological polar surface area (TPSA) is 29.1 Å². The molecular formula is C6H11NOS. The van der Waals surface area contributed by atoms with Crippen molar-refractivity contribution in [1.29, 1.82) is 0 Å². The van der Waals surface area contributed by atoms with Crippen molar-refractivity contribution in [2.24, 2.45) is 0 Å². The van der Waals surface area contributed by atoms with Crippen LogP contribution in [0.1, 0.15) is 19.3 Å². The van der Waals surface area contributed by atoms with Gasteiger partial charge >= 0.3 is 0 Å². The monoisotopic (exact) mass is 145 g/mol. The standard InChI is InChI=1S/C6H11NOS/c8-6-4-5(9)2-1-3-7-6/h5,9H,1-4H2,(H,7,8)/t5-/m1/s1. The third-order valence-corrected chi connectivity index (χ3v) is 1.90. The summed E-state index contributed by atoms with van der Waals surface area (Å²) in [6.45, 7) is 0.829. The van der Waals surface area contributed by atoms with E-state index >= 15 is 0 Å². The molecule has 0 spiro atoms. The van der Waals surface area contributed by atoms with Crippen molar-refractivity contribution in [3.8, 4) is 0 Å². The molecule has 1 saturated heterocycles. The molecule has 2 nitrogen and oxygen atoms in total. The van der Waals surface area contributed by atoms with Crippen LogP contribution in [0.25, 0.3) is 0 Å². The van der Waals surface area contributed by atoms with Crippen LogP contribution < -0.4 is 5.32 Å². The summed E-state index contributed by atoms with van der Waals surface area (Å²) < 4.78 is 0. The molecule has 0 aliphatic carbocycles.